The third kappa shape index (κ3) is 6.07. The lowest BCUT2D eigenvalue weighted by atomic mass is 10.0. The van der Waals surface area contributed by atoms with E-state index in [0.717, 1.165) is 63.8 Å². The fourth-order valence-electron chi connectivity index (χ4n) is 4.68. The van der Waals surface area contributed by atoms with Crippen LogP contribution >= 0.6 is 0 Å². The molecule has 2 aromatic carbocycles. The van der Waals surface area contributed by atoms with Crippen molar-refractivity contribution in [3.8, 4) is 5.75 Å². The van der Waals surface area contributed by atoms with Crippen LogP contribution in [0.5, 0.6) is 5.75 Å². The van der Waals surface area contributed by atoms with E-state index in [1.54, 1.807) is 12.3 Å². The Balaban J connectivity index is 1.34. The lowest BCUT2D eigenvalue weighted by molar-refractivity contribution is 0.474. The molecule has 3 heterocycles. The molecule has 0 radical (unpaired) electrons. The Labute approximate surface area is 206 Å². The van der Waals surface area contributed by atoms with E-state index in [1.807, 2.05) is 30.3 Å². The van der Waals surface area contributed by atoms with Crippen molar-refractivity contribution in [3.05, 3.63) is 65.2 Å². The molecule has 1 aromatic heterocycles. The van der Waals surface area contributed by atoms with Gasteiger partial charge in [-0.3, -0.25) is 0 Å². The highest BCUT2D eigenvalue weighted by Crippen LogP contribution is 2.23. The van der Waals surface area contributed by atoms with Gasteiger partial charge in [0.05, 0.1) is 6.21 Å². The molecule has 8 nitrogen and oxygen atoms in total. The molecule has 35 heavy (non-hydrogen) atoms. The molecule has 0 aliphatic carbocycles. The zero-order chi connectivity index (χ0) is 23.9. The van der Waals surface area contributed by atoms with Crippen molar-refractivity contribution in [2.45, 2.75) is 44.9 Å². The average molecular weight is 472 g/mol. The van der Waals surface area contributed by atoms with Crippen LogP contribution in [-0.4, -0.2) is 52.5 Å². The second-order valence-electron chi connectivity index (χ2n) is 9.28. The van der Waals surface area contributed by atoms with Crippen molar-refractivity contribution in [1.29, 1.82) is 0 Å². The van der Waals surface area contributed by atoms with Crippen molar-refractivity contribution in [3.63, 3.8) is 0 Å². The van der Waals surface area contributed by atoms with E-state index in [1.165, 1.54) is 18.4 Å². The van der Waals surface area contributed by atoms with Crippen LogP contribution < -0.4 is 15.2 Å². The minimum Gasteiger partial charge on any atom is -0.507 e. The minimum atomic E-state index is 0.186. The van der Waals surface area contributed by atoms with E-state index >= 15 is 0 Å². The summed E-state index contributed by atoms with van der Waals surface area (Å²) in [7, 11) is 0. The number of piperidine rings is 2. The monoisotopic (exact) mass is 471 g/mol. The molecule has 0 unspecified atom stereocenters. The van der Waals surface area contributed by atoms with Gasteiger partial charge in [-0.25, -0.2) is 5.43 Å². The predicted octanol–water partition coefficient (Wildman–Crippen LogP) is 4.59. The number of nitrogens with zero attached hydrogens (tertiary/aromatic N) is 6. The Bertz CT molecular complexity index is 1100. The van der Waals surface area contributed by atoms with Gasteiger partial charge in [-0.15, -0.1) is 0 Å². The highest BCUT2D eigenvalue weighted by Gasteiger charge is 2.20. The van der Waals surface area contributed by atoms with Gasteiger partial charge in [-0.2, -0.15) is 20.1 Å². The topological polar surface area (TPSA) is 89.8 Å². The summed E-state index contributed by atoms with van der Waals surface area (Å²) >= 11 is 0. The fourth-order valence-corrected chi connectivity index (χ4v) is 4.68. The first-order chi connectivity index (χ1) is 17.2. The Morgan fingerprint density at radius 2 is 1.40 bits per heavy atom. The Hall–Kier alpha value is -3.68. The molecule has 2 N–H and O–H groups in total. The van der Waals surface area contributed by atoms with Crippen LogP contribution in [0.3, 0.4) is 0 Å². The van der Waals surface area contributed by atoms with E-state index in [0.29, 0.717) is 23.4 Å². The SMILES string of the molecule is Oc1ccc(Cc2ccccc2)cc1C=NNc1nc(N2CCCCC2)nc(N2CCCCC2)n1. The van der Waals surface area contributed by atoms with Crippen molar-refractivity contribution >= 4 is 24.1 Å². The Morgan fingerprint density at radius 1 is 0.771 bits per heavy atom. The van der Waals surface area contributed by atoms with E-state index < -0.39 is 0 Å². The van der Waals surface area contributed by atoms with Gasteiger partial charge in [0.25, 0.3) is 0 Å². The molecule has 0 bridgehead atoms. The maximum atomic E-state index is 10.4. The van der Waals surface area contributed by atoms with Gasteiger partial charge < -0.3 is 14.9 Å². The molecule has 182 valence electrons. The molecule has 0 amide bonds. The molecule has 2 fully saturated rings. The molecule has 5 rings (SSSR count). The molecular formula is C27H33N7O. The number of rotatable bonds is 7. The molecule has 2 aliphatic rings. The van der Waals surface area contributed by atoms with Gasteiger partial charge in [0.2, 0.25) is 17.8 Å². The summed E-state index contributed by atoms with van der Waals surface area (Å²) in [4.78, 5) is 18.6. The zero-order valence-corrected chi connectivity index (χ0v) is 20.1. The van der Waals surface area contributed by atoms with E-state index in [-0.39, 0.29) is 5.75 Å². The van der Waals surface area contributed by atoms with Crippen molar-refractivity contribution < 1.29 is 5.11 Å². The summed E-state index contributed by atoms with van der Waals surface area (Å²) in [6, 6.07) is 15.9. The zero-order valence-electron chi connectivity index (χ0n) is 20.1. The summed E-state index contributed by atoms with van der Waals surface area (Å²) in [5.41, 5.74) is 5.97. The van der Waals surface area contributed by atoms with Crippen LogP contribution in [0, 0.1) is 0 Å². The summed E-state index contributed by atoms with van der Waals surface area (Å²) in [6.45, 7) is 3.87. The predicted molar refractivity (Wildman–Crippen MR) is 141 cm³/mol. The summed E-state index contributed by atoms with van der Waals surface area (Å²) in [5.74, 6) is 2.04. The fraction of sp³-hybridized carbons (Fsp3) is 0.407. The highest BCUT2D eigenvalue weighted by atomic mass is 16.3. The maximum absolute atomic E-state index is 10.4. The van der Waals surface area contributed by atoms with Crippen LogP contribution in [-0.2, 0) is 6.42 Å². The van der Waals surface area contributed by atoms with Crippen molar-refractivity contribution in [2.24, 2.45) is 5.10 Å². The van der Waals surface area contributed by atoms with Gasteiger partial charge in [0.1, 0.15) is 5.75 Å². The molecule has 0 spiro atoms. The van der Waals surface area contributed by atoms with E-state index in [4.69, 9.17) is 4.98 Å². The number of aromatic nitrogens is 3. The lowest BCUT2D eigenvalue weighted by Gasteiger charge is -2.30. The van der Waals surface area contributed by atoms with Gasteiger partial charge in [-0.1, -0.05) is 36.4 Å². The Kier molecular flexibility index (Phi) is 7.36. The van der Waals surface area contributed by atoms with Gasteiger partial charge in [-0.05, 0) is 68.2 Å². The number of hydrogen-bond donors (Lipinski definition) is 2. The summed E-state index contributed by atoms with van der Waals surface area (Å²) in [6.07, 6.45) is 9.55. The number of anilines is 3. The first-order valence-electron chi connectivity index (χ1n) is 12.7. The number of hydrogen-bond acceptors (Lipinski definition) is 8. The molecule has 3 aromatic rings. The maximum Gasteiger partial charge on any atom is 0.250 e. The largest absolute Gasteiger partial charge is 0.507 e. The van der Waals surface area contributed by atoms with Crippen LogP contribution in [0.15, 0.2) is 53.6 Å². The molecule has 0 atom stereocenters. The number of hydrazone groups is 1. The number of phenolic OH excluding ortho intramolecular Hbond substituents is 1. The third-order valence-electron chi connectivity index (χ3n) is 6.60. The molecular weight excluding hydrogens is 438 g/mol. The highest BCUT2D eigenvalue weighted by molar-refractivity contribution is 5.84. The molecule has 0 saturated carbocycles. The van der Waals surface area contributed by atoms with Gasteiger partial charge in [0.15, 0.2) is 0 Å². The molecule has 2 aliphatic heterocycles. The first kappa shape index (κ1) is 23.1. The number of phenols is 1. The first-order valence-corrected chi connectivity index (χ1v) is 12.7. The van der Waals surface area contributed by atoms with Crippen LogP contribution in [0.1, 0.15) is 55.2 Å². The number of benzene rings is 2. The van der Waals surface area contributed by atoms with E-state index in [9.17, 15) is 5.11 Å². The van der Waals surface area contributed by atoms with E-state index in [2.05, 4.69) is 42.4 Å². The smallest absolute Gasteiger partial charge is 0.250 e. The van der Waals surface area contributed by atoms with Crippen LogP contribution in [0.2, 0.25) is 0 Å². The van der Waals surface area contributed by atoms with Crippen molar-refractivity contribution in [1.82, 2.24) is 15.0 Å². The second-order valence-corrected chi connectivity index (χ2v) is 9.28. The van der Waals surface area contributed by atoms with Gasteiger partial charge in [0, 0.05) is 31.7 Å². The quantitative estimate of drug-likeness (QED) is 0.385. The summed E-state index contributed by atoms with van der Waals surface area (Å²) < 4.78 is 0. The standard InChI is InChI=1S/C27H33N7O/c35-24-13-12-22(18-21-10-4-1-5-11-21)19-23(24)20-28-32-25-29-26(33-14-6-2-7-15-33)31-27(30-25)34-16-8-3-9-17-34/h1,4-5,10-13,19-20,35H,2-3,6-9,14-18H2,(H,29,30,31,32). The third-order valence-corrected chi connectivity index (χ3v) is 6.60. The normalized spacial score (nSPS) is 16.6. The van der Waals surface area contributed by atoms with Crippen LogP contribution in [0.4, 0.5) is 17.8 Å². The van der Waals surface area contributed by atoms with Crippen molar-refractivity contribution in [2.75, 3.05) is 41.4 Å². The Morgan fingerprint density at radius 3 is 2.03 bits per heavy atom. The number of aromatic hydroxyl groups is 1. The van der Waals surface area contributed by atoms with Crippen LogP contribution in [0.25, 0.3) is 0 Å². The average Bonchev–Trinajstić information content (AvgIpc) is 2.92. The lowest BCUT2D eigenvalue weighted by Crippen LogP contribution is -2.34. The molecule has 2 saturated heterocycles. The second kappa shape index (κ2) is 11.2. The summed E-state index contributed by atoms with van der Waals surface area (Å²) in [5, 5.41) is 14.7. The van der Waals surface area contributed by atoms with Gasteiger partial charge >= 0.3 is 0 Å². The number of nitrogens with one attached hydrogen (secondary N) is 1. The molecule has 8 heteroatoms. The minimum absolute atomic E-state index is 0.186.